The van der Waals surface area contributed by atoms with Gasteiger partial charge in [0, 0.05) is 15.5 Å². The maximum absolute atomic E-state index is 2.56. The summed E-state index contributed by atoms with van der Waals surface area (Å²) in [5.74, 6) is 0. The van der Waals surface area contributed by atoms with E-state index in [1.165, 1.54) is 56.5 Å². The topological polar surface area (TPSA) is 6.48 Å². The average Bonchev–Trinajstić information content (AvgIpc) is 3.17. The standard InChI is InChI=1S/C31H36N2S/c1-29(2,3)20-11-13-21(14-12-20)32-19-33-25-17-22-23(31(6,7)16-15-30(22,4)5)18-27(25)34-26-10-8-9-24(32)28(26)33/h8-14,17-18H,15-16,19H2,1-7H3. The third kappa shape index (κ3) is 3.23. The average molecular weight is 469 g/mol. The Morgan fingerprint density at radius 3 is 2.03 bits per heavy atom. The van der Waals surface area contributed by atoms with E-state index in [9.17, 15) is 0 Å². The van der Waals surface area contributed by atoms with Gasteiger partial charge in [0.15, 0.2) is 0 Å². The molecule has 0 amide bonds. The van der Waals surface area contributed by atoms with Gasteiger partial charge in [0.05, 0.1) is 17.1 Å². The zero-order valence-electron chi connectivity index (χ0n) is 21.6. The number of hydrogen-bond acceptors (Lipinski definition) is 3. The van der Waals surface area contributed by atoms with E-state index in [0.29, 0.717) is 0 Å². The first-order chi connectivity index (χ1) is 16.0. The molecular weight excluding hydrogens is 432 g/mol. The molecule has 0 aromatic heterocycles. The lowest BCUT2D eigenvalue weighted by atomic mass is 9.63. The first-order valence-corrected chi connectivity index (χ1v) is 13.4. The minimum absolute atomic E-state index is 0.165. The molecule has 3 aliphatic rings. The smallest absolute Gasteiger partial charge is 0.100 e. The molecule has 0 bridgehead atoms. The van der Waals surface area contributed by atoms with E-state index in [1.807, 2.05) is 11.8 Å². The van der Waals surface area contributed by atoms with Gasteiger partial charge < -0.3 is 9.80 Å². The molecule has 2 heterocycles. The Morgan fingerprint density at radius 1 is 0.735 bits per heavy atom. The van der Waals surface area contributed by atoms with Crippen molar-refractivity contribution >= 4 is 34.5 Å². The maximum Gasteiger partial charge on any atom is 0.100 e. The molecule has 0 atom stereocenters. The lowest BCUT2D eigenvalue weighted by Gasteiger charge is -2.43. The first kappa shape index (κ1) is 22.1. The summed E-state index contributed by atoms with van der Waals surface area (Å²) in [6.45, 7) is 17.4. The van der Waals surface area contributed by atoms with Gasteiger partial charge in [-0.05, 0) is 82.2 Å². The van der Waals surface area contributed by atoms with Crippen molar-refractivity contribution in [2.75, 3.05) is 16.5 Å². The molecule has 0 saturated carbocycles. The quantitative estimate of drug-likeness (QED) is 0.352. The van der Waals surface area contributed by atoms with Crippen LogP contribution in [0.3, 0.4) is 0 Å². The maximum atomic E-state index is 2.56. The first-order valence-electron chi connectivity index (χ1n) is 12.6. The van der Waals surface area contributed by atoms with Crippen LogP contribution in [0.1, 0.15) is 78.0 Å². The Labute approximate surface area is 209 Å². The molecule has 0 radical (unpaired) electrons. The molecule has 3 heteroatoms. The highest BCUT2D eigenvalue weighted by atomic mass is 32.2. The molecule has 0 saturated heterocycles. The molecule has 0 N–H and O–H groups in total. The highest BCUT2D eigenvalue weighted by molar-refractivity contribution is 7.99. The third-order valence-corrected chi connectivity index (χ3v) is 9.41. The molecule has 34 heavy (non-hydrogen) atoms. The van der Waals surface area contributed by atoms with Crippen LogP contribution < -0.4 is 9.80 Å². The predicted octanol–water partition coefficient (Wildman–Crippen LogP) is 9.04. The van der Waals surface area contributed by atoms with E-state index in [0.717, 1.165) is 6.67 Å². The number of para-hydroxylation sites is 1. The van der Waals surface area contributed by atoms with Crippen molar-refractivity contribution in [1.29, 1.82) is 0 Å². The molecule has 2 aliphatic heterocycles. The molecule has 0 spiro atoms. The van der Waals surface area contributed by atoms with Crippen molar-refractivity contribution in [3.8, 4) is 0 Å². The number of fused-ring (bicyclic) bond motifs is 3. The second-order valence-corrected chi connectivity index (χ2v) is 13.7. The van der Waals surface area contributed by atoms with Crippen molar-refractivity contribution < 1.29 is 0 Å². The van der Waals surface area contributed by atoms with Crippen LogP contribution in [-0.2, 0) is 16.2 Å². The van der Waals surface area contributed by atoms with Gasteiger partial charge in [-0.15, -0.1) is 0 Å². The zero-order chi connectivity index (χ0) is 24.0. The number of rotatable bonds is 1. The van der Waals surface area contributed by atoms with E-state index in [2.05, 4.69) is 113 Å². The number of benzene rings is 3. The molecule has 0 unspecified atom stereocenters. The van der Waals surface area contributed by atoms with E-state index >= 15 is 0 Å². The monoisotopic (exact) mass is 468 g/mol. The molecule has 0 fully saturated rings. The van der Waals surface area contributed by atoms with Crippen LogP contribution in [0.4, 0.5) is 22.7 Å². The summed E-state index contributed by atoms with van der Waals surface area (Å²) < 4.78 is 0. The summed E-state index contributed by atoms with van der Waals surface area (Å²) >= 11 is 1.95. The lowest BCUT2D eigenvalue weighted by Crippen LogP contribution is -2.34. The second kappa shape index (κ2) is 7.07. The fourth-order valence-corrected chi connectivity index (χ4v) is 7.07. The highest BCUT2D eigenvalue weighted by Crippen LogP contribution is 2.58. The Hall–Kier alpha value is -2.39. The third-order valence-electron chi connectivity index (χ3n) is 8.31. The van der Waals surface area contributed by atoms with E-state index in [4.69, 9.17) is 0 Å². The summed E-state index contributed by atoms with van der Waals surface area (Å²) in [7, 11) is 0. The van der Waals surface area contributed by atoms with Crippen LogP contribution >= 0.6 is 11.8 Å². The summed E-state index contributed by atoms with van der Waals surface area (Å²) in [4.78, 5) is 7.81. The molecule has 176 valence electrons. The highest BCUT2D eigenvalue weighted by Gasteiger charge is 2.41. The van der Waals surface area contributed by atoms with Crippen LogP contribution in [0.5, 0.6) is 0 Å². The fraction of sp³-hybridized carbons (Fsp3) is 0.419. The van der Waals surface area contributed by atoms with Crippen molar-refractivity contribution in [2.24, 2.45) is 0 Å². The van der Waals surface area contributed by atoms with Crippen molar-refractivity contribution in [3.05, 3.63) is 71.3 Å². The van der Waals surface area contributed by atoms with E-state index in [-0.39, 0.29) is 16.2 Å². The summed E-state index contributed by atoms with van der Waals surface area (Å²) in [6.07, 6.45) is 2.49. The Balaban J connectivity index is 1.47. The van der Waals surface area contributed by atoms with Crippen LogP contribution in [0, 0.1) is 0 Å². The number of hydrogen-bond donors (Lipinski definition) is 0. The lowest BCUT2D eigenvalue weighted by molar-refractivity contribution is 0.331. The van der Waals surface area contributed by atoms with Crippen LogP contribution in [-0.4, -0.2) is 6.67 Å². The second-order valence-electron chi connectivity index (χ2n) is 12.7. The van der Waals surface area contributed by atoms with Gasteiger partial charge in [0.25, 0.3) is 0 Å². The van der Waals surface area contributed by atoms with Gasteiger partial charge in [0.1, 0.15) is 6.67 Å². The fourth-order valence-electron chi connectivity index (χ4n) is 5.92. The molecular formula is C31H36N2S. The molecule has 2 nitrogen and oxygen atoms in total. The summed E-state index contributed by atoms with van der Waals surface area (Å²) in [5.41, 5.74) is 10.4. The van der Waals surface area contributed by atoms with Crippen LogP contribution in [0.2, 0.25) is 0 Å². The van der Waals surface area contributed by atoms with Gasteiger partial charge in [0.2, 0.25) is 0 Å². The van der Waals surface area contributed by atoms with Crippen LogP contribution in [0.25, 0.3) is 0 Å². The Bertz CT molecular complexity index is 1290. The molecule has 1 aliphatic carbocycles. The minimum Gasteiger partial charge on any atom is -0.321 e. The molecule has 3 aromatic carbocycles. The van der Waals surface area contributed by atoms with Crippen molar-refractivity contribution in [1.82, 2.24) is 0 Å². The SMILES string of the molecule is CC(C)(C)c1ccc(N2CN3c4cc5c(cc4Sc4cccc2c43)C(C)(C)CCC5(C)C)cc1. The minimum atomic E-state index is 0.165. The van der Waals surface area contributed by atoms with Crippen molar-refractivity contribution in [3.63, 3.8) is 0 Å². The van der Waals surface area contributed by atoms with Crippen LogP contribution in [0.15, 0.2) is 64.4 Å². The van der Waals surface area contributed by atoms with E-state index in [1.54, 1.807) is 5.56 Å². The van der Waals surface area contributed by atoms with Gasteiger partial charge in [-0.3, -0.25) is 0 Å². The zero-order valence-corrected chi connectivity index (χ0v) is 22.4. The summed E-state index contributed by atoms with van der Waals surface area (Å²) in [5, 5.41) is 0. The summed E-state index contributed by atoms with van der Waals surface area (Å²) in [6, 6.07) is 21.0. The number of anilines is 4. The normalized spacial score (nSPS) is 19.5. The number of nitrogens with zero attached hydrogens (tertiary/aromatic N) is 2. The molecule has 6 rings (SSSR count). The predicted molar refractivity (Wildman–Crippen MR) is 147 cm³/mol. The van der Waals surface area contributed by atoms with E-state index < -0.39 is 0 Å². The Morgan fingerprint density at radius 2 is 1.38 bits per heavy atom. The molecule has 3 aromatic rings. The van der Waals surface area contributed by atoms with Gasteiger partial charge in [-0.1, -0.05) is 78.4 Å². The van der Waals surface area contributed by atoms with Gasteiger partial charge >= 0.3 is 0 Å². The largest absolute Gasteiger partial charge is 0.321 e. The Kier molecular flexibility index (Phi) is 4.60. The van der Waals surface area contributed by atoms with Gasteiger partial charge in [-0.2, -0.15) is 0 Å². The van der Waals surface area contributed by atoms with Gasteiger partial charge in [-0.25, -0.2) is 0 Å². The van der Waals surface area contributed by atoms with Crippen molar-refractivity contribution in [2.45, 2.75) is 87.3 Å².